The largest absolute Gasteiger partial charge is 0.612 e. The topological polar surface area (TPSA) is 80.7 Å². The van der Waals surface area contributed by atoms with Crippen LogP contribution in [0.4, 0.5) is 0 Å². The lowest BCUT2D eigenvalue weighted by atomic mass is 10.1. The fourth-order valence-corrected chi connectivity index (χ4v) is 3.03. The number of carbonyl (C=O) groups excluding carboxylic acids is 1. The molecule has 0 amide bonds. The van der Waals surface area contributed by atoms with Gasteiger partial charge < -0.3 is 18.8 Å². The van der Waals surface area contributed by atoms with Crippen molar-refractivity contribution in [3.8, 4) is 11.5 Å². The van der Waals surface area contributed by atoms with Crippen molar-refractivity contribution < 1.29 is 23.6 Å². The number of esters is 1. The van der Waals surface area contributed by atoms with E-state index < -0.39 is 17.1 Å². The molecule has 2 atom stereocenters. The van der Waals surface area contributed by atoms with Crippen molar-refractivity contribution in [1.29, 1.82) is 0 Å². The number of rotatable bonds is 3. The molecule has 1 aromatic heterocycles. The third-order valence-electron chi connectivity index (χ3n) is 3.81. The fourth-order valence-electron chi connectivity index (χ4n) is 2.54. The zero-order chi connectivity index (χ0) is 17.3. The molecule has 0 radical (unpaired) electrons. The Balaban J connectivity index is 1.94. The van der Waals surface area contributed by atoms with Crippen LogP contribution in [0.3, 0.4) is 0 Å². The monoisotopic (exact) mass is 347 g/mol. The summed E-state index contributed by atoms with van der Waals surface area (Å²) < 4.78 is 28.2. The summed E-state index contributed by atoms with van der Waals surface area (Å²) in [5.41, 5.74) is 1.92. The lowest BCUT2D eigenvalue weighted by Crippen LogP contribution is -2.24. The van der Waals surface area contributed by atoms with Gasteiger partial charge in [0, 0.05) is 17.3 Å². The number of hydrogen-bond donors (Lipinski definition) is 0. The Labute approximate surface area is 142 Å². The van der Waals surface area contributed by atoms with Crippen LogP contribution < -0.4 is 9.47 Å². The number of aromatic nitrogens is 1. The molecule has 6 nitrogen and oxygen atoms in total. The maximum atomic E-state index is 11.8. The molecule has 126 valence electrons. The number of benzene rings is 1. The number of hydrogen-bond acceptors (Lipinski definition) is 6. The van der Waals surface area contributed by atoms with E-state index in [4.69, 9.17) is 14.2 Å². The van der Waals surface area contributed by atoms with Crippen LogP contribution in [-0.4, -0.2) is 35.5 Å². The molecule has 2 aromatic rings. The highest BCUT2D eigenvalue weighted by molar-refractivity contribution is 7.90. The lowest BCUT2D eigenvalue weighted by Gasteiger charge is -2.28. The van der Waals surface area contributed by atoms with Crippen molar-refractivity contribution in [2.24, 2.45) is 0 Å². The molecule has 0 bridgehead atoms. The van der Waals surface area contributed by atoms with E-state index in [0.29, 0.717) is 22.0 Å². The van der Waals surface area contributed by atoms with Crippen LogP contribution in [0, 0.1) is 6.92 Å². The predicted molar refractivity (Wildman–Crippen MR) is 88.0 cm³/mol. The smallest absolute Gasteiger partial charge is 0.341 e. The Bertz CT molecular complexity index is 778. The molecule has 1 aromatic carbocycles. The number of ether oxygens (including phenoxy) is 3. The van der Waals surface area contributed by atoms with Gasteiger partial charge in [0.05, 0.1) is 13.3 Å². The Morgan fingerprint density at radius 1 is 1.46 bits per heavy atom. The van der Waals surface area contributed by atoms with Gasteiger partial charge in [-0.15, -0.1) is 0 Å². The Morgan fingerprint density at radius 3 is 2.96 bits per heavy atom. The van der Waals surface area contributed by atoms with Gasteiger partial charge in [0.1, 0.15) is 18.4 Å². The molecule has 24 heavy (non-hydrogen) atoms. The molecule has 0 saturated carbocycles. The lowest BCUT2D eigenvalue weighted by molar-refractivity contribution is 0.0571. The van der Waals surface area contributed by atoms with Crippen molar-refractivity contribution in [2.75, 3.05) is 20.0 Å². The summed E-state index contributed by atoms with van der Waals surface area (Å²) in [7, 11) is 1.32. The molecule has 3 rings (SSSR count). The fraction of sp³-hybridized carbons (Fsp3) is 0.294. The summed E-state index contributed by atoms with van der Waals surface area (Å²) in [6.07, 6.45) is 2.82. The number of para-hydroxylation sites is 1. The van der Waals surface area contributed by atoms with Crippen LogP contribution in [-0.2, 0) is 15.9 Å². The quantitative estimate of drug-likeness (QED) is 0.627. The first-order valence-corrected chi connectivity index (χ1v) is 8.88. The highest BCUT2D eigenvalue weighted by Crippen LogP contribution is 2.39. The number of methoxy groups -OCH3 is 1. The number of fused-ring (bicyclic) bond motifs is 1. The molecular weight excluding hydrogens is 330 g/mol. The van der Waals surface area contributed by atoms with Crippen LogP contribution in [0.2, 0.25) is 0 Å². The zero-order valence-electron chi connectivity index (χ0n) is 13.6. The van der Waals surface area contributed by atoms with Gasteiger partial charge in [0.15, 0.2) is 22.5 Å². The Hall–Kier alpha value is -2.25. The molecule has 2 unspecified atom stereocenters. The van der Waals surface area contributed by atoms with Crippen molar-refractivity contribution in [3.63, 3.8) is 0 Å². The molecule has 2 heterocycles. The minimum absolute atomic E-state index is 0.226. The molecule has 0 aliphatic carbocycles. The first-order valence-electron chi connectivity index (χ1n) is 7.32. The second-order valence-electron chi connectivity index (χ2n) is 5.34. The number of nitrogens with zero attached hydrogens (tertiary/aromatic N) is 1. The van der Waals surface area contributed by atoms with Gasteiger partial charge >= 0.3 is 5.97 Å². The van der Waals surface area contributed by atoms with Crippen molar-refractivity contribution in [3.05, 3.63) is 47.3 Å². The van der Waals surface area contributed by atoms with Gasteiger partial charge in [0.25, 0.3) is 0 Å². The van der Waals surface area contributed by atoms with Gasteiger partial charge in [-0.3, -0.25) is 4.98 Å². The summed E-state index contributed by atoms with van der Waals surface area (Å²) in [5, 5.41) is 0. The predicted octanol–water partition coefficient (Wildman–Crippen LogP) is 2.43. The second kappa shape index (κ2) is 6.70. The summed E-state index contributed by atoms with van der Waals surface area (Å²) in [4.78, 5) is 16.7. The highest BCUT2D eigenvalue weighted by atomic mass is 32.2. The average molecular weight is 347 g/mol. The van der Waals surface area contributed by atoms with Crippen LogP contribution in [0.25, 0.3) is 0 Å². The van der Waals surface area contributed by atoms with E-state index in [1.807, 2.05) is 13.0 Å². The highest BCUT2D eigenvalue weighted by Gasteiger charge is 2.29. The average Bonchev–Trinajstić information content (AvgIpc) is 2.60. The van der Waals surface area contributed by atoms with Crippen molar-refractivity contribution in [2.45, 2.75) is 17.9 Å². The number of aryl methyl sites for hydroxylation is 1. The standard InChI is InChI=1S/C17H17NO5S/c1-10-13(7-11(8-18-10)24(3)20)15-9-22-16-12(17(19)21-2)5-4-6-14(16)23-15/h4-8,15H,9H2,1-3H3. The SMILES string of the molecule is COC(=O)c1cccc2c1OCC(c1cc([S+](C)[O-])cnc1C)O2. The molecule has 7 heteroatoms. The number of carbonyl (C=O) groups is 1. The first-order chi connectivity index (χ1) is 11.5. The van der Waals surface area contributed by atoms with E-state index in [-0.39, 0.29) is 12.7 Å². The molecule has 1 aliphatic rings. The Morgan fingerprint density at radius 2 is 2.25 bits per heavy atom. The molecule has 0 fully saturated rings. The molecule has 0 spiro atoms. The summed E-state index contributed by atoms with van der Waals surface area (Å²) in [6.45, 7) is 2.09. The zero-order valence-corrected chi connectivity index (χ0v) is 14.4. The van der Waals surface area contributed by atoms with Crippen LogP contribution >= 0.6 is 0 Å². The van der Waals surface area contributed by atoms with E-state index in [2.05, 4.69) is 4.98 Å². The van der Waals surface area contributed by atoms with Crippen molar-refractivity contribution >= 4 is 17.1 Å². The maximum Gasteiger partial charge on any atom is 0.341 e. The third kappa shape index (κ3) is 3.05. The van der Waals surface area contributed by atoms with Gasteiger partial charge in [-0.05, 0) is 30.2 Å². The second-order valence-corrected chi connectivity index (χ2v) is 6.72. The van der Waals surface area contributed by atoms with Gasteiger partial charge in [-0.25, -0.2) is 4.79 Å². The summed E-state index contributed by atoms with van der Waals surface area (Å²) in [6, 6.07) is 6.89. The van der Waals surface area contributed by atoms with E-state index in [1.165, 1.54) is 7.11 Å². The van der Waals surface area contributed by atoms with Crippen LogP contribution in [0.1, 0.15) is 27.7 Å². The van der Waals surface area contributed by atoms with Gasteiger partial charge in [-0.1, -0.05) is 6.07 Å². The Kier molecular flexibility index (Phi) is 4.64. The van der Waals surface area contributed by atoms with Crippen molar-refractivity contribution in [1.82, 2.24) is 4.98 Å². The summed E-state index contributed by atoms with van der Waals surface area (Å²) >= 11 is -1.13. The normalized spacial score (nSPS) is 17.2. The molecule has 0 saturated heterocycles. The van der Waals surface area contributed by atoms with E-state index >= 15 is 0 Å². The third-order valence-corrected chi connectivity index (χ3v) is 4.70. The molecule has 1 aliphatic heterocycles. The van der Waals surface area contributed by atoms with Gasteiger partial charge in [0.2, 0.25) is 0 Å². The van der Waals surface area contributed by atoms with E-state index in [0.717, 1.165) is 11.3 Å². The molecular formula is C17H17NO5S. The van der Waals surface area contributed by atoms with Crippen LogP contribution in [0.15, 0.2) is 35.4 Å². The summed E-state index contributed by atoms with van der Waals surface area (Å²) in [5.74, 6) is 0.369. The minimum atomic E-state index is -1.13. The minimum Gasteiger partial charge on any atom is -0.612 e. The molecule has 0 N–H and O–H groups in total. The van der Waals surface area contributed by atoms with Gasteiger partial charge in [-0.2, -0.15) is 0 Å². The maximum absolute atomic E-state index is 11.8. The van der Waals surface area contributed by atoms with E-state index in [1.54, 1.807) is 30.7 Å². The first kappa shape index (κ1) is 16.6. The van der Waals surface area contributed by atoms with Crippen LogP contribution in [0.5, 0.6) is 11.5 Å². The number of pyridine rings is 1. The van der Waals surface area contributed by atoms with E-state index in [9.17, 15) is 9.35 Å².